The zero-order valence-electron chi connectivity index (χ0n) is 12.4. The van der Waals surface area contributed by atoms with Crippen LogP contribution in [0.1, 0.15) is 24.8 Å². The SMILES string of the molecule is CS(=O)(=O)N[C@@H]1CCN(CC2CC2)[C@H]1Cc1ccncc1. The summed E-state index contributed by atoms with van der Waals surface area (Å²) >= 11 is 0. The molecular formula is C15H23N3O2S. The monoisotopic (exact) mass is 309 g/mol. The first-order valence-corrected chi connectivity index (χ1v) is 9.50. The lowest BCUT2D eigenvalue weighted by Crippen LogP contribution is -2.46. The molecule has 2 heterocycles. The van der Waals surface area contributed by atoms with E-state index in [1.165, 1.54) is 24.7 Å². The van der Waals surface area contributed by atoms with Crippen LogP contribution in [0.3, 0.4) is 0 Å². The third kappa shape index (κ3) is 4.25. The molecule has 0 bridgehead atoms. The van der Waals surface area contributed by atoms with Crippen molar-refractivity contribution >= 4 is 10.0 Å². The van der Waals surface area contributed by atoms with Gasteiger partial charge in [0.1, 0.15) is 0 Å². The smallest absolute Gasteiger partial charge is 0.209 e. The Bertz CT molecular complexity index is 572. The molecule has 0 radical (unpaired) electrons. The van der Waals surface area contributed by atoms with Crippen molar-refractivity contribution in [2.75, 3.05) is 19.3 Å². The van der Waals surface area contributed by atoms with Gasteiger partial charge >= 0.3 is 0 Å². The first kappa shape index (κ1) is 14.9. The lowest BCUT2D eigenvalue weighted by molar-refractivity contribution is 0.230. The summed E-state index contributed by atoms with van der Waals surface area (Å²) in [6.07, 6.45) is 9.27. The van der Waals surface area contributed by atoms with Gasteiger partial charge in [0.2, 0.25) is 10.0 Å². The number of nitrogens with zero attached hydrogens (tertiary/aromatic N) is 2. The van der Waals surface area contributed by atoms with E-state index in [-0.39, 0.29) is 12.1 Å². The number of aromatic nitrogens is 1. The van der Waals surface area contributed by atoms with E-state index in [0.29, 0.717) is 0 Å². The van der Waals surface area contributed by atoms with E-state index in [0.717, 1.165) is 31.8 Å². The van der Waals surface area contributed by atoms with E-state index in [1.54, 1.807) is 12.4 Å². The van der Waals surface area contributed by atoms with Gasteiger partial charge in [-0.2, -0.15) is 0 Å². The third-order valence-electron chi connectivity index (χ3n) is 4.41. The van der Waals surface area contributed by atoms with Crippen molar-refractivity contribution in [1.82, 2.24) is 14.6 Å². The minimum atomic E-state index is -3.16. The highest BCUT2D eigenvalue weighted by Crippen LogP contribution is 2.33. The predicted molar refractivity (Wildman–Crippen MR) is 82.4 cm³/mol. The predicted octanol–water partition coefficient (Wildman–Crippen LogP) is 1.03. The van der Waals surface area contributed by atoms with Crippen molar-refractivity contribution in [3.05, 3.63) is 30.1 Å². The highest BCUT2D eigenvalue weighted by atomic mass is 32.2. The fourth-order valence-electron chi connectivity index (χ4n) is 3.22. The standard InChI is InChI=1S/C15H23N3O2S/c1-21(19,20)17-14-6-9-18(11-13-2-3-13)15(14)10-12-4-7-16-8-5-12/h4-5,7-8,13-15,17H,2-3,6,9-11H2,1H3/t14-,15+/m1/s1. The fourth-order valence-corrected chi connectivity index (χ4v) is 4.05. The highest BCUT2D eigenvalue weighted by molar-refractivity contribution is 7.88. The summed E-state index contributed by atoms with van der Waals surface area (Å²) in [6.45, 7) is 2.09. The second-order valence-corrected chi connectivity index (χ2v) is 8.13. The highest BCUT2D eigenvalue weighted by Gasteiger charge is 2.38. The molecule has 1 saturated heterocycles. The van der Waals surface area contributed by atoms with Gasteiger partial charge in [0, 0.05) is 37.6 Å². The molecule has 2 aliphatic rings. The Morgan fingerprint density at radius 3 is 2.62 bits per heavy atom. The molecule has 116 valence electrons. The summed E-state index contributed by atoms with van der Waals surface area (Å²) in [5.74, 6) is 0.821. The number of nitrogens with one attached hydrogen (secondary N) is 1. The van der Waals surface area contributed by atoms with Crippen LogP contribution >= 0.6 is 0 Å². The Labute approximate surface area is 126 Å². The van der Waals surface area contributed by atoms with Gasteiger partial charge in [-0.05, 0) is 49.3 Å². The average molecular weight is 309 g/mol. The molecule has 1 aromatic rings. The molecule has 0 aromatic carbocycles. The first-order valence-electron chi connectivity index (χ1n) is 7.61. The average Bonchev–Trinajstić information content (AvgIpc) is 3.17. The van der Waals surface area contributed by atoms with Gasteiger partial charge in [-0.1, -0.05) is 0 Å². The maximum absolute atomic E-state index is 11.6. The summed E-state index contributed by atoms with van der Waals surface area (Å²) in [5, 5.41) is 0. The Hall–Kier alpha value is -0.980. The minimum absolute atomic E-state index is 0.0203. The number of sulfonamides is 1. The summed E-state index contributed by atoms with van der Waals surface area (Å²) in [4.78, 5) is 6.52. The Morgan fingerprint density at radius 2 is 2.00 bits per heavy atom. The van der Waals surface area contributed by atoms with Gasteiger partial charge in [-0.15, -0.1) is 0 Å². The van der Waals surface area contributed by atoms with E-state index in [1.807, 2.05) is 12.1 Å². The topological polar surface area (TPSA) is 62.3 Å². The zero-order chi connectivity index (χ0) is 14.9. The molecule has 2 fully saturated rings. The van der Waals surface area contributed by atoms with Gasteiger partial charge in [-0.3, -0.25) is 9.88 Å². The van der Waals surface area contributed by atoms with Gasteiger partial charge in [0.15, 0.2) is 0 Å². The summed E-state index contributed by atoms with van der Waals surface area (Å²) in [5.41, 5.74) is 1.22. The van der Waals surface area contributed by atoms with E-state index in [4.69, 9.17) is 0 Å². The Balaban J connectivity index is 1.73. The fraction of sp³-hybridized carbons (Fsp3) is 0.667. The lowest BCUT2D eigenvalue weighted by atomic mass is 10.0. The largest absolute Gasteiger partial charge is 0.298 e. The van der Waals surface area contributed by atoms with Crippen molar-refractivity contribution in [3.8, 4) is 0 Å². The number of hydrogen-bond donors (Lipinski definition) is 1. The molecule has 1 aliphatic heterocycles. The maximum atomic E-state index is 11.6. The van der Waals surface area contributed by atoms with Crippen molar-refractivity contribution in [2.45, 2.75) is 37.8 Å². The molecule has 1 aliphatic carbocycles. The molecular weight excluding hydrogens is 286 g/mol. The van der Waals surface area contributed by atoms with Gasteiger partial charge in [0.25, 0.3) is 0 Å². The summed E-state index contributed by atoms with van der Waals surface area (Å²) in [7, 11) is -3.16. The third-order valence-corrected chi connectivity index (χ3v) is 5.14. The van der Waals surface area contributed by atoms with Crippen molar-refractivity contribution in [1.29, 1.82) is 0 Å². The molecule has 6 heteroatoms. The first-order chi connectivity index (χ1) is 10.0. The molecule has 2 atom stereocenters. The van der Waals surface area contributed by atoms with Crippen molar-refractivity contribution in [3.63, 3.8) is 0 Å². The number of pyridine rings is 1. The molecule has 0 spiro atoms. The number of hydrogen-bond acceptors (Lipinski definition) is 4. The summed E-state index contributed by atoms with van der Waals surface area (Å²) in [6, 6.07) is 4.31. The van der Waals surface area contributed by atoms with Gasteiger partial charge < -0.3 is 0 Å². The van der Waals surface area contributed by atoms with Crippen LogP contribution < -0.4 is 4.72 Å². The van der Waals surface area contributed by atoms with Crippen LogP contribution in [0, 0.1) is 5.92 Å². The molecule has 0 unspecified atom stereocenters. The van der Waals surface area contributed by atoms with Crippen LogP contribution in [0.2, 0.25) is 0 Å². The second-order valence-electron chi connectivity index (χ2n) is 6.35. The molecule has 1 N–H and O–H groups in total. The van der Waals surface area contributed by atoms with E-state index in [9.17, 15) is 8.42 Å². The number of rotatable bonds is 6. The zero-order valence-corrected chi connectivity index (χ0v) is 13.2. The van der Waals surface area contributed by atoms with E-state index >= 15 is 0 Å². The van der Waals surface area contributed by atoms with Gasteiger partial charge in [0.05, 0.1) is 6.26 Å². The molecule has 1 aromatic heterocycles. The van der Waals surface area contributed by atoms with Crippen LogP contribution in [0.4, 0.5) is 0 Å². The van der Waals surface area contributed by atoms with Crippen LogP contribution in [-0.2, 0) is 16.4 Å². The Morgan fingerprint density at radius 1 is 1.29 bits per heavy atom. The quantitative estimate of drug-likeness (QED) is 0.852. The molecule has 3 rings (SSSR count). The maximum Gasteiger partial charge on any atom is 0.209 e. The molecule has 5 nitrogen and oxygen atoms in total. The Kier molecular flexibility index (Phi) is 4.28. The molecule has 21 heavy (non-hydrogen) atoms. The minimum Gasteiger partial charge on any atom is -0.298 e. The van der Waals surface area contributed by atoms with Crippen molar-refractivity contribution < 1.29 is 8.42 Å². The normalized spacial score (nSPS) is 27.1. The second kappa shape index (κ2) is 6.02. The molecule has 0 amide bonds. The van der Waals surface area contributed by atoms with Gasteiger partial charge in [-0.25, -0.2) is 13.1 Å². The lowest BCUT2D eigenvalue weighted by Gasteiger charge is -2.28. The van der Waals surface area contributed by atoms with Crippen LogP contribution in [0.15, 0.2) is 24.5 Å². The van der Waals surface area contributed by atoms with Crippen molar-refractivity contribution in [2.24, 2.45) is 5.92 Å². The van der Waals surface area contributed by atoms with Crippen LogP contribution in [0.5, 0.6) is 0 Å². The van der Waals surface area contributed by atoms with Crippen LogP contribution in [0.25, 0.3) is 0 Å². The summed E-state index contributed by atoms with van der Waals surface area (Å²) < 4.78 is 26.0. The number of likely N-dealkylation sites (tertiary alicyclic amines) is 1. The molecule has 1 saturated carbocycles. The van der Waals surface area contributed by atoms with E-state index in [2.05, 4.69) is 14.6 Å². The van der Waals surface area contributed by atoms with Crippen LogP contribution in [-0.4, -0.2) is 49.7 Å². The van der Waals surface area contributed by atoms with E-state index < -0.39 is 10.0 Å².